The third kappa shape index (κ3) is 3.26. The highest BCUT2D eigenvalue weighted by Gasteiger charge is 1.97. The van der Waals surface area contributed by atoms with Crippen LogP contribution in [0.3, 0.4) is 0 Å². The van der Waals surface area contributed by atoms with Crippen LogP contribution >= 0.6 is 0 Å². The predicted molar refractivity (Wildman–Crippen MR) is 55.8 cm³/mol. The van der Waals surface area contributed by atoms with Crippen molar-refractivity contribution < 1.29 is 9.66 Å². The summed E-state index contributed by atoms with van der Waals surface area (Å²) in [5.41, 5.74) is 0.696. The number of methoxy groups -OCH3 is 1. The van der Waals surface area contributed by atoms with Gasteiger partial charge >= 0.3 is 0 Å². The Hall–Kier alpha value is -1.84. The molecule has 4 heteroatoms. The zero-order valence-corrected chi connectivity index (χ0v) is 7.14. The molecule has 0 aromatic heterocycles. The fourth-order valence-electron chi connectivity index (χ4n) is 0.945. The van der Waals surface area contributed by atoms with Gasteiger partial charge in [0.15, 0.2) is 0 Å². The van der Waals surface area contributed by atoms with E-state index in [1.165, 1.54) is 13.2 Å². The van der Waals surface area contributed by atoms with Crippen molar-refractivity contribution >= 4 is 6.08 Å². The minimum absolute atomic E-state index is 0. The molecule has 14 heavy (non-hydrogen) atoms. The van der Waals surface area contributed by atoms with Crippen LogP contribution in [0.1, 0.15) is 13.0 Å². The van der Waals surface area contributed by atoms with Crippen molar-refractivity contribution in [2.45, 2.75) is 7.43 Å². The zero-order chi connectivity index (χ0) is 9.68. The summed E-state index contributed by atoms with van der Waals surface area (Å²) in [5.74, 6) is 0.626. The van der Waals surface area contributed by atoms with E-state index in [0.717, 1.165) is 6.20 Å². The summed E-state index contributed by atoms with van der Waals surface area (Å²) in [7, 11) is 1.53. The van der Waals surface area contributed by atoms with E-state index < -0.39 is 4.92 Å². The minimum Gasteiger partial charge on any atom is -0.496 e. The highest BCUT2D eigenvalue weighted by molar-refractivity contribution is 5.56. The van der Waals surface area contributed by atoms with E-state index in [1.54, 1.807) is 18.2 Å². The van der Waals surface area contributed by atoms with Gasteiger partial charge in [-0.15, -0.1) is 0 Å². The number of nitro groups is 1. The first-order valence-electron chi connectivity index (χ1n) is 3.69. The van der Waals surface area contributed by atoms with Crippen molar-refractivity contribution in [3.63, 3.8) is 0 Å². The van der Waals surface area contributed by atoms with Crippen LogP contribution in [0.2, 0.25) is 0 Å². The molecule has 1 aromatic rings. The highest BCUT2D eigenvalue weighted by atomic mass is 16.6. The molecule has 0 spiro atoms. The Balaban J connectivity index is 0.00000169. The van der Waals surface area contributed by atoms with Crippen LogP contribution in [0.5, 0.6) is 5.75 Å². The Kier molecular flexibility index (Phi) is 4.99. The summed E-state index contributed by atoms with van der Waals surface area (Å²) in [6.45, 7) is 0. The van der Waals surface area contributed by atoms with E-state index in [0.29, 0.717) is 11.3 Å². The van der Waals surface area contributed by atoms with E-state index >= 15 is 0 Å². The second-order valence-corrected chi connectivity index (χ2v) is 2.34. The summed E-state index contributed by atoms with van der Waals surface area (Å²) in [4.78, 5) is 9.54. The summed E-state index contributed by atoms with van der Waals surface area (Å²) in [5, 5.41) is 10.1. The first-order valence-corrected chi connectivity index (χ1v) is 3.69. The monoisotopic (exact) mass is 195 g/mol. The quantitative estimate of drug-likeness (QED) is 0.550. The van der Waals surface area contributed by atoms with Crippen molar-refractivity contribution in [1.29, 1.82) is 0 Å². The van der Waals surface area contributed by atoms with Gasteiger partial charge in [-0.1, -0.05) is 25.6 Å². The average Bonchev–Trinajstić information content (AvgIpc) is 2.15. The molecule has 0 atom stereocenters. The summed E-state index contributed by atoms with van der Waals surface area (Å²) < 4.78 is 5.00. The lowest BCUT2D eigenvalue weighted by molar-refractivity contribution is -0.400. The second kappa shape index (κ2) is 5.75. The minimum atomic E-state index is -0.508. The number of rotatable bonds is 3. The van der Waals surface area contributed by atoms with Gasteiger partial charge < -0.3 is 4.74 Å². The van der Waals surface area contributed by atoms with Crippen LogP contribution in [0.25, 0.3) is 6.08 Å². The summed E-state index contributed by atoms with van der Waals surface area (Å²) >= 11 is 0. The number of hydrogen-bond acceptors (Lipinski definition) is 3. The van der Waals surface area contributed by atoms with Crippen LogP contribution in [0.4, 0.5) is 0 Å². The van der Waals surface area contributed by atoms with Gasteiger partial charge in [0.05, 0.1) is 12.0 Å². The third-order valence-corrected chi connectivity index (χ3v) is 1.51. The van der Waals surface area contributed by atoms with Crippen molar-refractivity contribution in [2.75, 3.05) is 7.11 Å². The Morgan fingerprint density at radius 1 is 1.43 bits per heavy atom. The number of benzene rings is 1. The molecule has 0 unspecified atom stereocenters. The predicted octanol–water partition coefficient (Wildman–Crippen LogP) is 2.58. The number of para-hydroxylation sites is 1. The maximum atomic E-state index is 10.1. The molecule has 1 rings (SSSR count). The first-order chi connectivity index (χ1) is 6.24. The molecule has 0 saturated carbocycles. The maximum Gasteiger partial charge on any atom is 0.235 e. The third-order valence-electron chi connectivity index (χ3n) is 1.51. The number of nitrogens with zero attached hydrogens (tertiary/aromatic N) is 1. The Labute approximate surface area is 83.0 Å². The Morgan fingerprint density at radius 2 is 2.07 bits per heavy atom. The van der Waals surface area contributed by atoms with E-state index in [2.05, 4.69) is 0 Å². The van der Waals surface area contributed by atoms with Crippen molar-refractivity contribution in [3.8, 4) is 5.75 Å². The SMILES string of the molecule is C.COc1ccccc1/C=C/[N+](=O)[O-]. The van der Waals surface area contributed by atoms with E-state index in [9.17, 15) is 10.1 Å². The first kappa shape index (κ1) is 12.2. The molecule has 0 bridgehead atoms. The smallest absolute Gasteiger partial charge is 0.235 e. The molecule has 0 heterocycles. The molecule has 0 radical (unpaired) electrons. The van der Waals surface area contributed by atoms with Crippen LogP contribution in [0.15, 0.2) is 30.5 Å². The maximum absolute atomic E-state index is 10.1. The van der Waals surface area contributed by atoms with Crippen LogP contribution in [0, 0.1) is 10.1 Å². The van der Waals surface area contributed by atoms with Gasteiger partial charge in [-0.3, -0.25) is 10.1 Å². The normalized spacial score (nSPS) is 9.50. The number of ether oxygens (including phenoxy) is 1. The molecule has 0 aliphatic heterocycles. The summed E-state index contributed by atoms with van der Waals surface area (Å²) in [6, 6.07) is 7.10. The van der Waals surface area contributed by atoms with Gasteiger partial charge in [-0.2, -0.15) is 0 Å². The van der Waals surface area contributed by atoms with Crippen LogP contribution in [-0.4, -0.2) is 12.0 Å². The molecule has 0 aliphatic rings. The van der Waals surface area contributed by atoms with Crippen LogP contribution in [-0.2, 0) is 0 Å². The van der Waals surface area contributed by atoms with E-state index in [-0.39, 0.29) is 7.43 Å². The number of hydrogen-bond donors (Lipinski definition) is 0. The van der Waals surface area contributed by atoms with Gasteiger partial charge in [0.1, 0.15) is 5.75 Å². The largest absolute Gasteiger partial charge is 0.496 e. The van der Waals surface area contributed by atoms with Gasteiger partial charge in [-0.25, -0.2) is 0 Å². The van der Waals surface area contributed by atoms with E-state index in [4.69, 9.17) is 4.74 Å². The molecule has 0 amide bonds. The Bertz CT molecular complexity index is 334. The lowest BCUT2D eigenvalue weighted by Gasteiger charge is -2.01. The lowest BCUT2D eigenvalue weighted by Crippen LogP contribution is -1.87. The van der Waals surface area contributed by atoms with Crippen LogP contribution < -0.4 is 4.74 Å². The molecule has 0 saturated heterocycles. The second-order valence-electron chi connectivity index (χ2n) is 2.34. The fourth-order valence-corrected chi connectivity index (χ4v) is 0.945. The molecule has 0 fully saturated rings. The topological polar surface area (TPSA) is 52.4 Å². The molecular formula is C10H13NO3. The fraction of sp³-hybridized carbons (Fsp3) is 0.200. The molecule has 0 N–H and O–H groups in total. The highest BCUT2D eigenvalue weighted by Crippen LogP contribution is 2.18. The summed E-state index contributed by atoms with van der Waals surface area (Å²) in [6.07, 6.45) is 2.29. The average molecular weight is 195 g/mol. The Morgan fingerprint density at radius 3 is 2.64 bits per heavy atom. The zero-order valence-electron chi connectivity index (χ0n) is 7.14. The standard InChI is InChI=1S/C9H9NO3.CH4/c1-13-9-5-3-2-4-8(9)6-7-10(11)12;/h2-7H,1H3;1H4/b7-6+;. The molecule has 76 valence electrons. The molecular weight excluding hydrogens is 182 g/mol. The van der Waals surface area contributed by atoms with E-state index in [1.807, 2.05) is 6.07 Å². The van der Waals surface area contributed by atoms with Crippen molar-refractivity contribution in [3.05, 3.63) is 46.1 Å². The molecule has 1 aromatic carbocycles. The van der Waals surface area contributed by atoms with Gasteiger partial charge in [0.25, 0.3) is 0 Å². The molecule has 4 nitrogen and oxygen atoms in total. The van der Waals surface area contributed by atoms with Gasteiger partial charge in [0.2, 0.25) is 6.20 Å². The van der Waals surface area contributed by atoms with Crippen molar-refractivity contribution in [2.24, 2.45) is 0 Å². The lowest BCUT2D eigenvalue weighted by atomic mass is 10.2. The van der Waals surface area contributed by atoms with Gasteiger partial charge in [-0.05, 0) is 6.07 Å². The molecule has 0 aliphatic carbocycles. The van der Waals surface area contributed by atoms with Gasteiger partial charge in [0, 0.05) is 11.6 Å². The van der Waals surface area contributed by atoms with Crippen molar-refractivity contribution in [1.82, 2.24) is 0 Å².